The molecule has 2 amide bonds. The molecule has 3 N–H and O–H groups in total. The molecule has 0 saturated carbocycles. The van der Waals surface area contributed by atoms with Crippen LogP contribution in [0.5, 0.6) is 0 Å². The van der Waals surface area contributed by atoms with Gasteiger partial charge in [0.25, 0.3) is 0 Å². The molecule has 6 nitrogen and oxygen atoms in total. The van der Waals surface area contributed by atoms with E-state index in [2.05, 4.69) is 10.5 Å². The Morgan fingerprint density at radius 3 is 2.72 bits per heavy atom. The van der Waals surface area contributed by atoms with Crippen LogP contribution in [0.2, 0.25) is 5.02 Å². The fourth-order valence-corrected chi connectivity index (χ4v) is 2.36. The maximum atomic E-state index is 11.8. The first-order valence-electron chi connectivity index (χ1n) is 7.69. The molecule has 0 aromatic heterocycles. The highest BCUT2D eigenvalue weighted by atomic mass is 35.5. The summed E-state index contributed by atoms with van der Waals surface area (Å²) in [5, 5.41) is 8.50. The number of benzene rings is 2. The maximum Gasteiger partial charge on any atom is 0.335 e. The lowest BCUT2D eigenvalue weighted by molar-refractivity contribution is 0.130. The van der Waals surface area contributed by atoms with Crippen molar-refractivity contribution in [2.45, 2.75) is 20.5 Å². The van der Waals surface area contributed by atoms with Crippen LogP contribution in [0, 0.1) is 6.92 Å². The maximum absolute atomic E-state index is 11.8. The molecule has 0 atom stereocenters. The fraction of sp³-hybridized carbons (Fsp3) is 0.222. The average Bonchev–Trinajstić information content (AvgIpc) is 2.57. The first-order chi connectivity index (χ1) is 11.9. The number of amides is 2. The van der Waals surface area contributed by atoms with Crippen LogP contribution in [0.25, 0.3) is 0 Å². The summed E-state index contributed by atoms with van der Waals surface area (Å²) in [5.74, 6) is 5.45. The molecule has 0 radical (unpaired) electrons. The van der Waals surface area contributed by atoms with E-state index in [-0.39, 0.29) is 6.61 Å². The molecule has 0 saturated heterocycles. The van der Waals surface area contributed by atoms with E-state index in [0.717, 1.165) is 21.7 Å². The van der Waals surface area contributed by atoms with Crippen molar-refractivity contribution in [3.63, 3.8) is 0 Å². The minimum absolute atomic E-state index is 0.217. The molecule has 0 bridgehead atoms. The van der Waals surface area contributed by atoms with Crippen molar-refractivity contribution in [2.24, 2.45) is 11.0 Å². The molecule has 0 unspecified atom stereocenters. The molecule has 0 aliphatic heterocycles. The Kier molecular flexibility index (Phi) is 6.38. The van der Waals surface area contributed by atoms with E-state index in [0.29, 0.717) is 16.4 Å². The van der Waals surface area contributed by atoms with E-state index in [9.17, 15) is 4.79 Å². The molecule has 25 heavy (non-hydrogen) atoms. The number of nitrogens with zero attached hydrogens (tertiary/aromatic N) is 2. The molecule has 132 valence electrons. The van der Waals surface area contributed by atoms with Crippen LogP contribution in [-0.2, 0) is 11.4 Å². The molecule has 2 aromatic carbocycles. The summed E-state index contributed by atoms with van der Waals surface area (Å²) < 4.78 is 0. The highest BCUT2D eigenvalue weighted by Crippen LogP contribution is 2.21. The van der Waals surface area contributed by atoms with Crippen molar-refractivity contribution in [1.82, 2.24) is 5.01 Å². The summed E-state index contributed by atoms with van der Waals surface area (Å²) >= 11 is 5.98. The normalized spacial score (nSPS) is 11.2. The van der Waals surface area contributed by atoms with E-state index < -0.39 is 6.03 Å². The molecule has 0 aliphatic rings. The van der Waals surface area contributed by atoms with Crippen LogP contribution >= 0.6 is 11.6 Å². The summed E-state index contributed by atoms with van der Waals surface area (Å²) in [6, 6.07) is 12.6. The molecule has 7 heteroatoms. The number of nitrogens with one attached hydrogen (secondary N) is 1. The smallest absolute Gasteiger partial charge is 0.335 e. The summed E-state index contributed by atoms with van der Waals surface area (Å²) in [6.07, 6.45) is 0. The topological polar surface area (TPSA) is 80.0 Å². The molecular formula is C18H21ClN4O2. The van der Waals surface area contributed by atoms with Gasteiger partial charge >= 0.3 is 6.03 Å². The van der Waals surface area contributed by atoms with Crippen LogP contribution in [0.3, 0.4) is 0 Å². The van der Waals surface area contributed by atoms with Crippen molar-refractivity contribution in [2.75, 3.05) is 12.4 Å². The standard InChI is InChI=1S/C18H21ClN4O2/c1-12-6-4-9-17(21-18(24)23(3)20)16(12)11-25-22-13(2)14-7-5-8-15(19)10-14/h4-10H,11,20H2,1-3H3,(H,21,24). The first-order valence-corrected chi connectivity index (χ1v) is 8.06. The van der Waals surface area contributed by atoms with Gasteiger partial charge in [-0.2, -0.15) is 0 Å². The zero-order valence-corrected chi connectivity index (χ0v) is 15.2. The molecule has 2 rings (SSSR count). The van der Waals surface area contributed by atoms with Gasteiger partial charge < -0.3 is 10.2 Å². The third-order valence-corrected chi connectivity index (χ3v) is 3.86. The second-order valence-electron chi connectivity index (χ2n) is 5.60. The number of urea groups is 1. The third-order valence-electron chi connectivity index (χ3n) is 3.62. The molecule has 0 spiro atoms. The summed E-state index contributed by atoms with van der Waals surface area (Å²) in [7, 11) is 1.47. The molecule has 0 aliphatic carbocycles. The van der Waals surface area contributed by atoms with Gasteiger partial charge in [0.05, 0.1) is 5.71 Å². The van der Waals surface area contributed by atoms with Gasteiger partial charge in [0, 0.05) is 28.9 Å². The number of hydrogen-bond acceptors (Lipinski definition) is 4. The van der Waals surface area contributed by atoms with Gasteiger partial charge in [-0.15, -0.1) is 0 Å². The van der Waals surface area contributed by atoms with Crippen molar-refractivity contribution in [3.05, 3.63) is 64.2 Å². The largest absolute Gasteiger partial charge is 0.391 e. The van der Waals surface area contributed by atoms with E-state index in [1.54, 1.807) is 12.1 Å². The van der Waals surface area contributed by atoms with Crippen LogP contribution in [0.4, 0.5) is 10.5 Å². The zero-order valence-electron chi connectivity index (χ0n) is 14.4. The van der Waals surface area contributed by atoms with Crippen LogP contribution in [-0.4, -0.2) is 23.8 Å². The second kappa shape index (κ2) is 8.50. The Bertz CT molecular complexity index is 790. The Balaban J connectivity index is 2.12. The number of anilines is 1. The number of hydrazine groups is 1. The SMILES string of the molecule is CC(=NOCc1c(C)cccc1NC(=O)N(C)N)c1cccc(Cl)c1. The Morgan fingerprint density at radius 1 is 1.32 bits per heavy atom. The van der Waals surface area contributed by atoms with Gasteiger partial charge in [-0.1, -0.05) is 41.0 Å². The van der Waals surface area contributed by atoms with Crippen molar-refractivity contribution in [3.8, 4) is 0 Å². The molecule has 2 aromatic rings. The third kappa shape index (κ3) is 5.20. The predicted octanol–water partition coefficient (Wildman–Crippen LogP) is 3.93. The lowest BCUT2D eigenvalue weighted by Crippen LogP contribution is -2.37. The van der Waals surface area contributed by atoms with Crippen molar-refractivity contribution >= 4 is 29.0 Å². The lowest BCUT2D eigenvalue weighted by atomic mass is 10.1. The second-order valence-corrected chi connectivity index (χ2v) is 6.04. The van der Waals surface area contributed by atoms with Crippen LogP contribution < -0.4 is 11.2 Å². The Morgan fingerprint density at radius 2 is 2.04 bits per heavy atom. The monoisotopic (exact) mass is 360 g/mol. The van der Waals surface area contributed by atoms with E-state index in [4.69, 9.17) is 22.3 Å². The number of carbonyl (C=O) groups is 1. The van der Waals surface area contributed by atoms with Crippen LogP contribution in [0.15, 0.2) is 47.6 Å². The van der Waals surface area contributed by atoms with Crippen molar-refractivity contribution in [1.29, 1.82) is 0 Å². The van der Waals surface area contributed by atoms with Crippen molar-refractivity contribution < 1.29 is 9.63 Å². The lowest BCUT2D eigenvalue weighted by Gasteiger charge is -2.16. The van der Waals surface area contributed by atoms with Gasteiger partial charge in [-0.05, 0) is 37.6 Å². The minimum atomic E-state index is -0.412. The first kappa shape index (κ1) is 18.8. The van der Waals surface area contributed by atoms with Gasteiger partial charge in [0.2, 0.25) is 0 Å². The summed E-state index contributed by atoms with van der Waals surface area (Å²) in [5.41, 5.74) is 4.05. The molecule has 0 heterocycles. The zero-order chi connectivity index (χ0) is 18.4. The fourth-order valence-electron chi connectivity index (χ4n) is 2.17. The Hall–Kier alpha value is -2.57. The van der Waals surface area contributed by atoms with Gasteiger partial charge in [0.15, 0.2) is 0 Å². The highest BCUT2D eigenvalue weighted by molar-refractivity contribution is 6.31. The quantitative estimate of drug-likeness (QED) is 0.367. The number of aryl methyl sites for hydroxylation is 1. The molecular weight excluding hydrogens is 340 g/mol. The number of rotatable bonds is 5. The number of carbonyl (C=O) groups excluding carboxylic acids is 1. The predicted molar refractivity (Wildman–Crippen MR) is 101 cm³/mol. The highest BCUT2D eigenvalue weighted by Gasteiger charge is 2.11. The van der Waals surface area contributed by atoms with E-state index in [1.807, 2.05) is 44.2 Å². The average molecular weight is 361 g/mol. The number of hydrogen-bond donors (Lipinski definition) is 2. The van der Waals surface area contributed by atoms with Crippen LogP contribution in [0.1, 0.15) is 23.6 Å². The Labute approximate surface area is 152 Å². The van der Waals surface area contributed by atoms with Gasteiger partial charge in [-0.25, -0.2) is 10.6 Å². The van der Waals surface area contributed by atoms with E-state index >= 15 is 0 Å². The number of oxime groups is 1. The number of halogens is 1. The summed E-state index contributed by atoms with van der Waals surface area (Å²) in [4.78, 5) is 17.3. The molecule has 0 fully saturated rings. The summed E-state index contributed by atoms with van der Waals surface area (Å²) in [6.45, 7) is 4.00. The van der Waals surface area contributed by atoms with Gasteiger partial charge in [-0.3, -0.25) is 5.01 Å². The van der Waals surface area contributed by atoms with Gasteiger partial charge in [0.1, 0.15) is 6.61 Å². The number of nitrogens with two attached hydrogens (primary N) is 1. The minimum Gasteiger partial charge on any atom is -0.391 e. The van der Waals surface area contributed by atoms with E-state index in [1.165, 1.54) is 7.05 Å².